The van der Waals surface area contributed by atoms with Gasteiger partial charge in [-0.15, -0.1) is 0 Å². The van der Waals surface area contributed by atoms with Crippen molar-refractivity contribution in [3.8, 4) is 5.75 Å². The first-order valence-corrected chi connectivity index (χ1v) is 7.70. The van der Waals surface area contributed by atoms with Gasteiger partial charge in [0.2, 0.25) is 0 Å². The second-order valence-electron chi connectivity index (χ2n) is 5.65. The maximum atomic E-state index is 12.7. The Labute approximate surface area is 131 Å². The number of hydrogen-bond donors (Lipinski definition) is 1. The first-order valence-electron chi connectivity index (χ1n) is 7.29. The molecule has 5 heteroatoms. The van der Waals surface area contributed by atoms with Gasteiger partial charge < -0.3 is 15.4 Å². The van der Waals surface area contributed by atoms with E-state index >= 15 is 0 Å². The fourth-order valence-electron chi connectivity index (χ4n) is 2.54. The zero-order valence-electron chi connectivity index (χ0n) is 12.6. The zero-order chi connectivity index (χ0) is 15.5. The van der Waals surface area contributed by atoms with Crippen LogP contribution in [-0.4, -0.2) is 35.5 Å². The van der Waals surface area contributed by atoms with Gasteiger partial charge in [0, 0.05) is 18.5 Å². The molecule has 114 valence electrons. The van der Waals surface area contributed by atoms with Crippen LogP contribution in [-0.2, 0) is 0 Å². The fourth-order valence-corrected chi connectivity index (χ4v) is 2.75. The Kier molecular flexibility index (Phi) is 4.83. The van der Waals surface area contributed by atoms with Gasteiger partial charge in [-0.2, -0.15) is 0 Å². The second-order valence-corrected chi connectivity index (χ2v) is 6.09. The maximum absolute atomic E-state index is 12.7. The molecule has 2 rings (SSSR count). The van der Waals surface area contributed by atoms with Gasteiger partial charge in [0.1, 0.15) is 5.75 Å². The van der Waals surface area contributed by atoms with Crippen molar-refractivity contribution in [2.75, 3.05) is 19.7 Å². The lowest BCUT2D eigenvalue weighted by Crippen LogP contribution is -2.46. The van der Waals surface area contributed by atoms with E-state index in [1.165, 1.54) is 0 Å². The number of nitrogens with zero attached hydrogens (tertiary/aromatic N) is 1. The SMILES string of the molecule is CCOc1ccccc1C(=O)N1CCC(C)(C(N)=S)CC1. The smallest absolute Gasteiger partial charge is 0.257 e. The molecule has 1 amide bonds. The van der Waals surface area contributed by atoms with Crippen LogP contribution >= 0.6 is 12.2 Å². The van der Waals surface area contributed by atoms with Crippen molar-refractivity contribution in [3.63, 3.8) is 0 Å². The van der Waals surface area contributed by atoms with E-state index < -0.39 is 0 Å². The number of benzene rings is 1. The minimum absolute atomic E-state index is 0.0176. The average Bonchev–Trinajstić information content (AvgIpc) is 2.48. The summed E-state index contributed by atoms with van der Waals surface area (Å²) >= 11 is 5.14. The van der Waals surface area contributed by atoms with Crippen molar-refractivity contribution in [1.29, 1.82) is 0 Å². The number of ether oxygens (including phenoxy) is 1. The number of carbonyl (C=O) groups is 1. The number of hydrogen-bond acceptors (Lipinski definition) is 3. The predicted molar refractivity (Wildman–Crippen MR) is 87.6 cm³/mol. The van der Waals surface area contributed by atoms with Crippen LogP contribution in [0.4, 0.5) is 0 Å². The van der Waals surface area contributed by atoms with E-state index in [1.807, 2.05) is 36.1 Å². The molecule has 1 saturated heterocycles. The normalized spacial score (nSPS) is 17.3. The predicted octanol–water partition coefficient (Wildman–Crippen LogP) is 2.61. The highest BCUT2D eigenvalue weighted by atomic mass is 32.1. The van der Waals surface area contributed by atoms with Crippen LogP contribution in [0.1, 0.15) is 37.0 Å². The fraction of sp³-hybridized carbons (Fsp3) is 0.500. The topological polar surface area (TPSA) is 55.6 Å². The molecule has 0 atom stereocenters. The third kappa shape index (κ3) is 3.35. The van der Waals surface area contributed by atoms with E-state index in [-0.39, 0.29) is 11.3 Å². The third-order valence-corrected chi connectivity index (χ3v) is 4.66. The molecule has 0 radical (unpaired) electrons. The molecule has 0 saturated carbocycles. The van der Waals surface area contributed by atoms with Gasteiger partial charge in [0.05, 0.1) is 17.2 Å². The van der Waals surface area contributed by atoms with Gasteiger partial charge in [-0.25, -0.2) is 0 Å². The molecule has 0 bridgehead atoms. The molecule has 1 aromatic rings. The first-order chi connectivity index (χ1) is 9.98. The lowest BCUT2D eigenvalue weighted by Gasteiger charge is -2.38. The Morgan fingerprint density at radius 1 is 1.38 bits per heavy atom. The van der Waals surface area contributed by atoms with Gasteiger partial charge in [0.15, 0.2) is 0 Å². The lowest BCUT2D eigenvalue weighted by molar-refractivity contribution is 0.0666. The molecule has 2 N–H and O–H groups in total. The number of thiocarbonyl (C=S) groups is 1. The van der Waals surface area contributed by atoms with E-state index in [2.05, 4.69) is 6.92 Å². The Hall–Kier alpha value is -1.62. The number of carbonyl (C=O) groups excluding carboxylic acids is 1. The molecule has 4 nitrogen and oxygen atoms in total. The van der Waals surface area contributed by atoms with Gasteiger partial charge in [-0.1, -0.05) is 31.3 Å². The summed E-state index contributed by atoms with van der Waals surface area (Å²) in [5, 5.41) is 0. The molecule has 1 aliphatic rings. The quantitative estimate of drug-likeness (QED) is 0.869. The van der Waals surface area contributed by atoms with Crippen LogP contribution in [0.15, 0.2) is 24.3 Å². The molecule has 0 aromatic heterocycles. The Morgan fingerprint density at radius 3 is 2.57 bits per heavy atom. The van der Waals surface area contributed by atoms with Crippen LogP contribution < -0.4 is 10.5 Å². The largest absolute Gasteiger partial charge is 0.493 e. The number of amides is 1. The molecule has 1 fully saturated rings. The van der Waals surface area contributed by atoms with Crippen molar-refractivity contribution >= 4 is 23.1 Å². The monoisotopic (exact) mass is 306 g/mol. The van der Waals surface area contributed by atoms with Crippen molar-refractivity contribution in [1.82, 2.24) is 4.90 Å². The van der Waals surface area contributed by atoms with E-state index in [1.54, 1.807) is 0 Å². The van der Waals surface area contributed by atoms with E-state index in [0.717, 1.165) is 12.8 Å². The molecule has 1 aliphatic heterocycles. The molecule has 1 heterocycles. The van der Waals surface area contributed by atoms with Gasteiger partial charge in [0.25, 0.3) is 5.91 Å². The Bertz CT molecular complexity index is 537. The Balaban J connectivity index is 2.11. The first kappa shape index (κ1) is 15.8. The number of piperidine rings is 1. The summed E-state index contributed by atoms with van der Waals surface area (Å²) in [6, 6.07) is 7.38. The summed E-state index contributed by atoms with van der Waals surface area (Å²) < 4.78 is 5.54. The summed E-state index contributed by atoms with van der Waals surface area (Å²) in [4.78, 5) is 15.1. The highest BCUT2D eigenvalue weighted by Crippen LogP contribution is 2.32. The third-order valence-electron chi connectivity index (χ3n) is 4.17. The number of likely N-dealkylation sites (tertiary alicyclic amines) is 1. The molecule has 0 unspecified atom stereocenters. The van der Waals surface area contributed by atoms with E-state index in [4.69, 9.17) is 22.7 Å². The van der Waals surface area contributed by atoms with Gasteiger partial charge in [-0.3, -0.25) is 4.79 Å². The average molecular weight is 306 g/mol. The summed E-state index contributed by atoms with van der Waals surface area (Å²) in [6.45, 7) is 5.88. The Morgan fingerprint density at radius 2 is 2.00 bits per heavy atom. The van der Waals surface area contributed by atoms with Crippen molar-refractivity contribution in [3.05, 3.63) is 29.8 Å². The number of nitrogens with two attached hydrogens (primary N) is 1. The van der Waals surface area contributed by atoms with E-state index in [0.29, 0.717) is 36.0 Å². The summed E-state index contributed by atoms with van der Waals surface area (Å²) in [5.41, 5.74) is 6.30. The molecular weight excluding hydrogens is 284 g/mol. The minimum Gasteiger partial charge on any atom is -0.493 e. The van der Waals surface area contributed by atoms with Gasteiger partial charge >= 0.3 is 0 Å². The van der Waals surface area contributed by atoms with Crippen LogP contribution in [0.25, 0.3) is 0 Å². The zero-order valence-corrected chi connectivity index (χ0v) is 13.4. The molecule has 0 aliphatic carbocycles. The summed E-state index contributed by atoms with van der Waals surface area (Å²) in [7, 11) is 0. The molecule has 1 aromatic carbocycles. The molecule has 21 heavy (non-hydrogen) atoms. The van der Waals surface area contributed by atoms with E-state index in [9.17, 15) is 4.79 Å². The minimum atomic E-state index is -0.133. The second kappa shape index (κ2) is 6.43. The standard InChI is InChI=1S/C16H22N2O2S/c1-3-20-13-7-5-4-6-12(13)14(19)18-10-8-16(2,9-11-18)15(17)21/h4-7H,3,8-11H2,1-2H3,(H2,17,21). The van der Waals surface area contributed by atoms with Crippen molar-refractivity contribution < 1.29 is 9.53 Å². The van der Waals surface area contributed by atoms with Crippen LogP contribution in [0, 0.1) is 5.41 Å². The number of rotatable bonds is 4. The van der Waals surface area contributed by atoms with Gasteiger partial charge in [-0.05, 0) is 31.9 Å². The summed E-state index contributed by atoms with van der Waals surface area (Å²) in [5.74, 6) is 0.664. The highest BCUT2D eigenvalue weighted by Gasteiger charge is 2.34. The summed E-state index contributed by atoms with van der Waals surface area (Å²) in [6.07, 6.45) is 1.62. The van der Waals surface area contributed by atoms with Crippen LogP contribution in [0.3, 0.4) is 0 Å². The molecule has 0 spiro atoms. The van der Waals surface area contributed by atoms with Crippen LogP contribution in [0.2, 0.25) is 0 Å². The maximum Gasteiger partial charge on any atom is 0.257 e. The number of para-hydroxylation sites is 1. The van der Waals surface area contributed by atoms with Crippen LogP contribution in [0.5, 0.6) is 5.75 Å². The van der Waals surface area contributed by atoms with Crippen molar-refractivity contribution in [2.24, 2.45) is 11.1 Å². The van der Waals surface area contributed by atoms with Crippen molar-refractivity contribution in [2.45, 2.75) is 26.7 Å². The molecular formula is C16H22N2O2S. The lowest BCUT2D eigenvalue weighted by atomic mass is 9.80. The highest BCUT2D eigenvalue weighted by molar-refractivity contribution is 7.80.